The number of phenolic OH excluding ortho intramolecular Hbond substituents is 1. The molecule has 0 saturated carbocycles. The summed E-state index contributed by atoms with van der Waals surface area (Å²) in [6.45, 7) is 18.8. The Morgan fingerprint density at radius 2 is 1.67 bits per heavy atom. The maximum absolute atomic E-state index is 16.2. The van der Waals surface area contributed by atoms with Gasteiger partial charge in [0.15, 0.2) is 11.6 Å². The Kier molecular flexibility index (Phi) is 17.6. The number of fused-ring (bicyclic) bond motifs is 5. The van der Waals surface area contributed by atoms with Crippen molar-refractivity contribution in [3.05, 3.63) is 101 Å². The number of hydrogen-bond acceptors (Lipinski definition) is 16. The van der Waals surface area contributed by atoms with E-state index in [0.29, 0.717) is 47.6 Å². The van der Waals surface area contributed by atoms with Gasteiger partial charge in [-0.05, 0) is 118 Å². The quantitative estimate of drug-likeness (QED) is 0.0992. The van der Waals surface area contributed by atoms with Crippen LogP contribution in [0.4, 0.5) is 16.0 Å². The summed E-state index contributed by atoms with van der Waals surface area (Å²) in [5.74, 6) is 1.33. The average molecular weight is 1140 g/mol. The minimum absolute atomic E-state index is 0.0642. The molecule has 0 radical (unpaired) electrons. The molecule has 6 unspecified atom stereocenters. The number of thiazole rings is 1. The molecule has 3 aromatic carbocycles. The number of nitrogens with zero attached hydrogens (tertiary/aromatic N) is 10. The van der Waals surface area contributed by atoms with E-state index in [1.807, 2.05) is 43.6 Å². The van der Waals surface area contributed by atoms with Crippen molar-refractivity contribution in [2.75, 3.05) is 75.8 Å². The summed E-state index contributed by atoms with van der Waals surface area (Å²) in [5, 5.41) is 23.7. The van der Waals surface area contributed by atoms with Gasteiger partial charge in [0, 0.05) is 94.4 Å². The Balaban J connectivity index is 0.000000170. The number of amides is 2. The van der Waals surface area contributed by atoms with Gasteiger partial charge in [0.25, 0.3) is 0 Å². The smallest absolute Gasteiger partial charge is 0.318 e. The first kappa shape index (κ1) is 57.0. The predicted octanol–water partition coefficient (Wildman–Crippen LogP) is 9.88. The highest BCUT2D eigenvalue weighted by molar-refractivity contribution is 7.13. The molecular formula is C63H79FN12O5S. The van der Waals surface area contributed by atoms with Crippen molar-refractivity contribution in [2.45, 2.75) is 141 Å². The van der Waals surface area contributed by atoms with Crippen LogP contribution in [0.15, 0.2) is 76.9 Å². The summed E-state index contributed by atoms with van der Waals surface area (Å²) in [7, 11) is 1.49. The molecule has 19 heteroatoms. The molecule has 6 atom stereocenters. The predicted molar refractivity (Wildman–Crippen MR) is 321 cm³/mol. The number of rotatable bonds is 13. The number of aromatic hydroxyl groups is 1. The van der Waals surface area contributed by atoms with Crippen molar-refractivity contribution in [1.29, 1.82) is 0 Å². The lowest BCUT2D eigenvalue weighted by molar-refractivity contribution is -0.138. The number of phenols is 1. The standard InChI is InChI=1S/C34H45N7O3S.C26H26FN5O2.C3H8/c1-23(25-7-9-26(10-8-25)33-24(2)35-22-45-33)36-34(43)30-6-4-14-41(30)32(42)20-29-19-31(37-44-29)39-17-15-38(16-18-39)21-28-12-11-27-5-3-13-40(27)28;1-3-14-5-4-6-15-9-18(33)10-19(21(14)15)23-22(27)24-20(11-28-23)25(31-26(30-24)34-2)32-12-16-7-8-17(13-32)29-16;1-3-2/h7-10,19,22-23,27-28,30H,3-6,11-18,20-21H2,1-2H3,(H,36,43);4-6,9-11,16-17,29,33H,3,7-8,12-13H2,1-2H3;3H2,1-2H3. The number of carbonyl (C=O) groups excluding carboxylic acids is 2. The molecule has 13 rings (SSSR count). The average Bonchev–Trinajstić information content (AvgIpc) is 2.94. The van der Waals surface area contributed by atoms with Gasteiger partial charge in [-0.15, -0.1) is 11.3 Å². The van der Waals surface area contributed by atoms with Gasteiger partial charge in [-0.25, -0.2) is 9.37 Å². The Morgan fingerprint density at radius 3 is 2.40 bits per heavy atom. The van der Waals surface area contributed by atoms with Gasteiger partial charge in [-0.1, -0.05) is 74.8 Å². The lowest BCUT2D eigenvalue weighted by atomic mass is 9.95. The third-order valence-electron chi connectivity index (χ3n) is 17.4. The summed E-state index contributed by atoms with van der Waals surface area (Å²) >= 11 is 1.63. The summed E-state index contributed by atoms with van der Waals surface area (Å²) in [6, 6.07) is 21.2. The molecule has 6 saturated heterocycles. The van der Waals surface area contributed by atoms with Gasteiger partial charge in [0.05, 0.1) is 41.0 Å². The zero-order chi connectivity index (χ0) is 57.0. The van der Waals surface area contributed by atoms with Gasteiger partial charge in [-0.2, -0.15) is 9.97 Å². The fourth-order valence-electron chi connectivity index (χ4n) is 13.4. The Bertz CT molecular complexity index is 3350. The molecule has 4 aromatic heterocycles. The second-order valence-electron chi connectivity index (χ2n) is 23.1. The molecule has 2 amide bonds. The van der Waals surface area contributed by atoms with Gasteiger partial charge in [0.2, 0.25) is 11.8 Å². The Labute approximate surface area is 484 Å². The van der Waals surface area contributed by atoms with E-state index >= 15 is 4.39 Å². The summed E-state index contributed by atoms with van der Waals surface area (Å²) in [5.41, 5.74) is 6.97. The number of piperazine rings is 2. The molecule has 17 nitrogen and oxygen atoms in total. The zero-order valence-electron chi connectivity index (χ0n) is 48.4. The first-order valence-corrected chi connectivity index (χ1v) is 30.7. The third-order valence-corrected chi connectivity index (χ3v) is 18.4. The zero-order valence-corrected chi connectivity index (χ0v) is 49.2. The number of likely N-dealkylation sites (tertiary alicyclic amines) is 1. The number of aryl methyl sites for hydroxylation is 2. The van der Waals surface area contributed by atoms with Crippen molar-refractivity contribution >= 4 is 56.5 Å². The van der Waals surface area contributed by atoms with Crippen LogP contribution in [-0.4, -0.2) is 153 Å². The van der Waals surface area contributed by atoms with Crippen LogP contribution in [0, 0.1) is 12.7 Å². The number of benzene rings is 3. The molecular weight excluding hydrogens is 1060 g/mol. The number of aromatic nitrogens is 5. The second kappa shape index (κ2) is 25.4. The largest absolute Gasteiger partial charge is 0.508 e. The molecule has 0 aliphatic carbocycles. The molecule has 10 heterocycles. The van der Waals surface area contributed by atoms with Crippen LogP contribution < -0.4 is 25.2 Å². The fraction of sp³-hybridized carbons (Fsp3) is 0.508. The van der Waals surface area contributed by atoms with Gasteiger partial charge < -0.3 is 39.7 Å². The molecule has 82 heavy (non-hydrogen) atoms. The van der Waals surface area contributed by atoms with E-state index in [4.69, 9.17) is 9.26 Å². The number of halogens is 1. The van der Waals surface area contributed by atoms with Crippen molar-refractivity contribution in [3.8, 4) is 33.5 Å². The first-order chi connectivity index (χ1) is 39.9. The van der Waals surface area contributed by atoms with Crippen molar-refractivity contribution in [2.24, 2.45) is 0 Å². The molecule has 7 aromatic rings. The number of pyridine rings is 1. The van der Waals surface area contributed by atoms with Crippen LogP contribution in [0.5, 0.6) is 11.8 Å². The number of methoxy groups -OCH3 is 1. The number of nitrogens with one attached hydrogen (secondary N) is 2. The third kappa shape index (κ3) is 12.2. The molecule has 6 aliphatic rings. The molecule has 6 fully saturated rings. The number of ether oxygens (including phenoxy) is 1. The van der Waals surface area contributed by atoms with Gasteiger partial charge in [-0.3, -0.25) is 24.4 Å². The number of anilines is 2. The topological polar surface area (TPSA) is 181 Å². The van der Waals surface area contributed by atoms with E-state index in [1.165, 1.54) is 52.3 Å². The highest BCUT2D eigenvalue weighted by Crippen LogP contribution is 2.40. The van der Waals surface area contributed by atoms with E-state index in [-0.39, 0.29) is 47.2 Å². The molecule has 2 bridgehead atoms. The van der Waals surface area contributed by atoms with Crippen molar-refractivity contribution in [1.82, 2.24) is 50.4 Å². The Morgan fingerprint density at radius 1 is 0.902 bits per heavy atom. The molecule has 0 spiro atoms. The van der Waals surface area contributed by atoms with E-state index in [2.05, 4.69) is 100 Å². The number of carbonyl (C=O) groups is 2. The monoisotopic (exact) mass is 1130 g/mol. The van der Waals surface area contributed by atoms with Gasteiger partial charge >= 0.3 is 6.01 Å². The highest BCUT2D eigenvalue weighted by Gasteiger charge is 2.39. The van der Waals surface area contributed by atoms with E-state index < -0.39 is 11.9 Å². The molecule has 3 N–H and O–H groups in total. The van der Waals surface area contributed by atoms with Crippen LogP contribution in [0.1, 0.15) is 114 Å². The van der Waals surface area contributed by atoms with Crippen LogP contribution in [-0.2, 0) is 22.4 Å². The lowest BCUT2D eigenvalue weighted by Crippen LogP contribution is -2.51. The first-order valence-electron chi connectivity index (χ1n) is 29.8. The minimum Gasteiger partial charge on any atom is -0.508 e. The highest BCUT2D eigenvalue weighted by atomic mass is 32.1. The normalized spacial score (nSPS) is 22.0. The van der Waals surface area contributed by atoms with Crippen LogP contribution in [0.25, 0.3) is 43.4 Å². The fourth-order valence-corrected chi connectivity index (χ4v) is 14.2. The van der Waals surface area contributed by atoms with Crippen LogP contribution in [0.2, 0.25) is 0 Å². The summed E-state index contributed by atoms with van der Waals surface area (Å²) in [6.07, 6.45) is 13.0. The van der Waals surface area contributed by atoms with Crippen molar-refractivity contribution in [3.63, 3.8) is 0 Å². The van der Waals surface area contributed by atoms with Crippen LogP contribution >= 0.6 is 11.3 Å². The second-order valence-corrected chi connectivity index (χ2v) is 23.9. The van der Waals surface area contributed by atoms with Gasteiger partial charge in [0.1, 0.15) is 34.6 Å². The minimum atomic E-state index is -0.546. The SMILES string of the molecule is CCC.CCc1cccc2cc(O)cc(-c3ncc4c(N5CC6CCC(C5)N6)nc(OC)nc4c3F)c12.Cc1ncsc1-c1ccc(C(C)NC(=O)C2CCCN2C(=O)Cc2cc(N3CCN(CC4CCC5CCCN54)CC3)no2)cc1. The number of hydrogen-bond donors (Lipinski definition) is 3. The van der Waals surface area contributed by atoms with Crippen molar-refractivity contribution < 1.29 is 28.3 Å². The Hall–Kier alpha value is -6.80. The van der Waals surface area contributed by atoms with E-state index in [1.54, 1.807) is 34.6 Å². The van der Waals surface area contributed by atoms with E-state index in [9.17, 15) is 14.7 Å². The lowest BCUT2D eigenvalue weighted by Gasteiger charge is -2.37. The van der Waals surface area contributed by atoms with E-state index in [0.717, 1.165) is 121 Å². The maximum Gasteiger partial charge on any atom is 0.318 e. The molecule has 6 aliphatic heterocycles. The summed E-state index contributed by atoms with van der Waals surface area (Å²) < 4.78 is 27.1. The summed E-state index contributed by atoms with van der Waals surface area (Å²) in [4.78, 5) is 57.3. The molecule has 434 valence electrons. The maximum atomic E-state index is 16.2. The van der Waals surface area contributed by atoms with Crippen LogP contribution in [0.3, 0.4) is 0 Å².